The third-order valence-electron chi connectivity index (χ3n) is 2.19. The molecular formula is C9H16N2O. The molecule has 1 aromatic heterocycles. The number of aromatic amines is 1. The number of rotatable bonds is 4. The van der Waals surface area contributed by atoms with E-state index < -0.39 is 0 Å². The lowest BCUT2D eigenvalue weighted by molar-refractivity contribution is 0.277. The first-order valence-electron chi connectivity index (χ1n) is 4.46. The molecular weight excluding hydrogens is 152 g/mol. The Balaban J connectivity index is 2.72. The van der Waals surface area contributed by atoms with E-state index in [2.05, 4.69) is 23.8 Å². The fraction of sp³-hybridized carbons (Fsp3) is 0.667. The Hall–Kier alpha value is -0.830. The molecule has 1 rings (SSSR count). The van der Waals surface area contributed by atoms with Gasteiger partial charge in [-0.3, -0.25) is 0 Å². The number of aliphatic hydroxyl groups excluding tert-OH is 1. The van der Waals surface area contributed by atoms with Gasteiger partial charge in [-0.25, -0.2) is 4.98 Å². The molecule has 0 aliphatic carbocycles. The van der Waals surface area contributed by atoms with E-state index in [4.69, 9.17) is 5.11 Å². The molecule has 2 N–H and O–H groups in total. The average molecular weight is 168 g/mol. The summed E-state index contributed by atoms with van der Waals surface area (Å²) >= 11 is 0. The normalized spacial score (nSPS) is 11.0. The van der Waals surface area contributed by atoms with Crippen LogP contribution >= 0.6 is 0 Å². The molecule has 0 saturated heterocycles. The molecule has 3 heteroatoms. The summed E-state index contributed by atoms with van der Waals surface area (Å²) in [5.74, 6) is 1.51. The monoisotopic (exact) mass is 168 g/mol. The highest BCUT2D eigenvalue weighted by atomic mass is 16.3. The number of aromatic nitrogens is 2. The first kappa shape index (κ1) is 9.26. The van der Waals surface area contributed by atoms with Gasteiger partial charge >= 0.3 is 0 Å². The molecule has 68 valence electrons. The van der Waals surface area contributed by atoms with Crippen LogP contribution in [0.4, 0.5) is 0 Å². The zero-order valence-corrected chi connectivity index (χ0v) is 7.67. The lowest BCUT2D eigenvalue weighted by Gasteiger charge is -2.07. The van der Waals surface area contributed by atoms with E-state index in [1.54, 1.807) is 6.20 Å². The fourth-order valence-electron chi connectivity index (χ4n) is 1.34. The Morgan fingerprint density at radius 1 is 1.50 bits per heavy atom. The van der Waals surface area contributed by atoms with Crippen LogP contribution in [-0.4, -0.2) is 15.1 Å². The minimum Gasteiger partial charge on any atom is -0.390 e. The van der Waals surface area contributed by atoms with Gasteiger partial charge in [-0.2, -0.15) is 0 Å². The van der Waals surface area contributed by atoms with Gasteiger partial charge in [0.05, 0.1) is 18.5 Å². The summed E-state index contributed by atoms with van der Waals surface area (Å²) in [6, 6.07) is 0. The molecule has 0 bridgehead atoms. The number of hydrogen-bond acceptors (Lipinski definition) is 2. The first-order valence-corrected chi connectivity index (χ1v) is 4.46. The predicted octanol–water partition coefficient (Wildman–Crippen LogP) is 1.81. The molecule has 0 spiro atoms. The maximum Gasteiger partial charge on any atom is 0.109 e. The molecule has 3 nitrogen and oxygen atoms in total. The zero-order valence-electron chi connectivity index (χ0n) is 7.67. The van der Waals surface area contributed by atoms with E-state index in [-0.39, 0.29) is 6.61 Å². The average Bonchev–Trinajstić information content (AvgIpc) is 2.55. The Bertz CT molecular complexity index is 228. The summed E-state index contributed by atoms with van der Waals surface area (Å²) in [4.78, 5) is 7.32. The highest BCUT2D eigenvalue weighted by Crippen LogP contribution is 2.19. The number of H-pyrrole nitrogens is 1. The number of aliphatic hydroxyl groups is 1. The summed E-state index contributed by atoms with van der Waals surface area (Å²) in [5, 5.41) is 8.81. The molecule has 0 amide bonds. The van der Waals surface area contributed by atoms with Gasteiger partial charge in [0.2, 0.25) is 0 Å². The van der Waals surface area contributed by atoms with E-state index in [0.717, 1.165) is 24.4 Å². The minimum atomic E-state index is 0.0488. The van der Waals surface area contributed by atoms with Gasteiger partial charge in [-0.1, -0.05) is 13.8 Å². The Labute approximate surface area is 72.8 Å². The molecule has 12 heavy (non-hydrogen) atoms. The van der Waals surface area contributed by atoms with Crippen molar-refractivity contribution in [1.82, 2.24) is 9.97 Å². The van der Waals surface area contributed by atoms with Crippen LogP contribution in [0.5, 0.6) is 0 Å². The number of nitrogens with one attached hydrogen (secondary N) is 1. The summed E-state index contributed by atoms with van der Waals surface area (Å²) in [6.45, 7) is 4.35. The Morgan fingerprint density at radius 3 is 2.58 bits per heavy atom. The van der Waals surface area contributed by atoms with Crippen molar-refractivity contribution in [3.05, 3.63) is 17.7 Å². The van der Waals surface area contributed by atoms with Crippen molar-refractivity contribution in [1.29, 1.82) is 0 Å². The third-order valence-corrected chi connectivity index (χ3v) is 2.19. The van der Waals surface area contributed by atoms with Crippen LogP contribution in [0.1, 0.15) is 44.1 Å². The van der Waals surface area contributed by atoms with Crippen molar-refractivity contribution < 1.29 is 5.11 Å². The van der Waals surface area contributed by atoms with Gasteiger partial charge in [-0.05, 0) is 12.8 Å². The standard InChI is InChI=1S/C9H16N2O/c1-3-7(4-2)9-10-5-8(6-12)11-9/h5,7,12H,3-4,6H2,1-2H3,(H,10,11). The second-order valence-corrected chi connectivity index (χ2v) is 2.97. The van der Waals surface area contributed by atoms with Gasteiger partial charge in [0.15, 0.2) is 0 Å². The maximum absolute atomic E-state index is 8.81. The van der Waals surface area contributed by atoms with Crippen molar-refractivity contribution in [3.63, 3.8) is 0 Å². The van der Waals surface area contributed by atoms with E-state index >= 15 is 0 Å². The summed E-state index contributed by atoms with van der Waals surface area (Å²) in [5.41, 5.74) is 0.803. The molecule has 0 aliphatic heterocycles. The highest BCUT2D eigenvalue weighted by Gasteiger charge is 2.09. The molecule has 0 unspecified atom stereocenters. The summed E-state index contributed by atoms with van der Waals surface area (Å²) in [7, 11) is 0. The Kier molecular flexibility index (Phi) is 3.29. The fourth-order valence-corrected chi connectivity index (χ4v) is 1.34. The Morgan fingerprint density at radius 2 is 2.17 bits per heavy atom. The third kappa shape index (κ3) is 1.85. The van der Waals surface area contributed by atoms with Gasteiger partial charge in [0.25, 0.3) is 0 Å². The van der Waals surface area contributed by atoms with Crippen LogP contribution < -0.4 is 0 Å². The molecule has 1 heterocycles. The lowest BCUT2D eigenvalue weighted by atomic mass is 10.0. The van der Waals surface area contributed by atoms with Crippen LogP contribution in [0.15, 0.2) is 6.20 Å². The molecule has 0 saturated carbocycles. The molecule has 0 atom stereocenters. The zero-order chi connectivity index (χ0) is 8.97. The minimum absolute atomic E-state index is 0.0488. The first-order chi connectivity index (χ1) is 5.81. The van der Waals surface area contributed by atoms with Crippen molar-refractivity contribution in [3.8, 4) is 0 Å². The number of imidazole rings is 1. The van der Waals surface area contributed by atoms with E-state index in [0.29, 0.717) is 5.92 Å². The summed E-state index contributed by atoms with van der Waals surface area (Å²) < 4.78 is 0. The predicted molar refractivity (Wildman–Crippen MR) is 47.8 cm³/mol. The van der Waals surface area contributed by atoms with Gasteiger partial charge in [-0.15, -0.1) is 0 Å². The van der Waals surface area contributed by atoms with Crippen LogP contribution in [0.3, 0.4) is 0 Å². The van der Waals surface area contributed by atoms with Crippen LogP contribution in [-0.2, 0) is 6.61 Å². The second-order valence-electron chi connectivity index (χ2n) is 2.97. The highest BCUT2D eigenvalue weighted by molar-refractivity contribution is 5.04. The topological polar surface area (TPSA) is 48.9 Å². The SMILES string of the molecule is CCC(CC)c1ncc(CO)[nH]1. The maximum atomic E-state index is 8.81. The van der Waals surface area contributed by atoms with E-state index in [1.807, 2.05) is 0 Å². The van der Waals surface area contributed by atoms with Crippen LogP contribution in [0, 0.1) is 0 Å². The van der Waals surface area contributed by atoms with E-state index in [9.17, 15) is 0 Å². The van der Waals surface area contributed by atoms with Crippen molar-refractivity contribution in [2.75, 3.05) is 0 Å². The molecule has 0 radical (unpaired) electrons. The van der Waals surface area contributed by atoms with Crippen molar-refractivity contribution in [2.45, 2.75) is 39.2 Å². The summed E-state index contributed by atoms with van der Waals surface area (Å²) in [6.07, 6.45) is 3.89. The van der Waals surface area contributed by atoms with Gasteiger partial charge < -0.3 is 10.1 Å². The largest absolute Gasteiger partial charge is 0.390 e. The van der Waals surface area contributed by atoms with Crippen molar-refractivity contribution >= 4 is 0 Å². The lowest BCUT2D eigenvalue weighted by Crippen LogP contribution is -1.98. The van der Waals surface area contributed by atoms with E-state index in [1.165, 1.54) is 0 Å². The van der Waals surface area contributed by atoms with Crippen molar-refractivity contribution in [2.24, 2.45) is 0 Å². The quantitative estimate of drug-likeness (QED) is 0.720. The molecule has 0 fully saturated rings. The molecule has 0 aliphatic rings. The van der Waals surface area contributed by atoms with Gasteiger partial charge in [0, 0.05) is 5.92 Å². The van der Waals surface area contributed by atoms with Gasteiger partial charge in [0.1, 0.15) is 5.82 Å². The number of nitrogens with zero attached hydrogens (tertiary/aromatic N) is 1. The molecule has 0 aromatic carbocycles. The second kappa shape index (κ2) is 4.26. The molecule has 1 aromatic rings. The van der Waals surface area contributed by atoms with Crippen LogP contribution in [0.2, 0.25) is 0 Å². The number of hydrogen-bond donors (Lipinski definition) is 2. The van der Waals surface area contributed by atoms with Crippen LogP contribution in [0.25, 0.3) is 0 Å². The smallest absolute Gasteiger partial charge is 0.109 e.